The first-order valence-electron chi connectivity index (χ1n) is 8.25. The molecule has 1 unspecified atom stereocenters. The Kier molecular flexibility index (Phi) is 6.56. The minimum atomic E-state index is 0.157. The molecule has 2 rings (SSSR count). The van der Waals surface area contributed by atoms with Crippen LogP contribution in [-0.2, 0) is 4.84 Å². The average Bonchev–Trinajstić information content (AvgIpc) is 2.55. The molecular weight excluding hydrogens is 298 g/mol. The molecule has 3 nitrogen and oxygen atoms in total. The third kappa shape index (κ3) is 4.39. The summed E-state index contributed by atoms with van der Waals surface area (Å²) >= 11 is 6.39. The van der Waals surface area contributed by atoms with Gasteiger partial charge in [0.05, 0.1) is 17.3 Å². The van der Waals surface area contributed by atoms with Gasteiger partial charge < -0.3 is 9.57 Å². The standard InChI is InChI=1S/C18H26ClNO2/c1-4-21-17-12-8-11-16(18(17)19)13(2)20-22-14(3)15-9-6-5-7-10-15/h8,11-12,14-15H,4-7,9-10H2,1-3H3/b20-13+. The summed E-state index contributed by atoms with van der Waals surface area (Å²) in [5.74, 6) is 1.31. The molecule has 1 fully saturated rings. The maximum absolute atomic E-state index is 6.39. The topological polar surface area (TPSA) is 30.8 Å². The van der Waals surface area contributed by atoms with Gasteiger partial charge in [-0.3, -0.25) is 0 Å². The smallest absolute Gasteiger partial charge is 0.138 e. The second-order valence-electron chi connectivity index (χ2n) is 5.94. The van der Waals surface area contributed by atoms with Crippen LogP contribution >= 0.6 is 11.6 Å². The number of nitrogens with zero attached hydrogens (tertiary/aromatic N) is 1. The van der Waals surface area contributed by atoms with Crippen molar-refractivity contribution in [2.24, 2.45) is 11.1 Å². The fourth-order valence-electron chi connectivity index (χ4n) is 2.96. The van der Waals surface area contributed by atoms with Crippen LogP contribution in [0.3, 0.4) is 0 Å². The van der Waals surface area contributed by atoms with Gasteiger partial charge >= 0.3 is 0 Å². The zero-order chi connectivity index (χ0) is 15.9. The van der Waals surface area contributed by atoms with Gasteiger partial charge in [-0.05, 0) is 45.6 Å². The van der Waals surface area contributed by atoms with E-state index >= 15 is 0 Å². The van der Waals surface area contributed by atoms with Crippen molar-refractivity contribution in [2.45, 2.75) is 59.0 Å². The zero-order valence-corrected chi connectivity index (χ0v) is 14.5. The van der Waals surface area contributed by atoms with Crippen LogP contribution in [0, 0.1) is 5.92 Å². The molecule has 1 aromatic rings. The van der Waals surface area contributed by atoms with E-state index in [2.05, 4.69) is 12.1 Å². The predicted octanol–water partition coefficient (Wildman–Crippen LogP) is 5.45. The number of halogens is 1. The summed E-state index contributed by atoms with van der Waals surface area (Å²) in [7, 11) is 0. The number of hydrogen-bond acceptors (Lipinski definition) is 3. The van der Waals surface area contributed by atoms with Crippen molar-refractivity contribution >= 4 is 17.3 Å². The first kappa shape index (κ1) is 17.1. The van der Waals surface area contributed by atoms with Gasteiger partial charge in [0.15, 0.2) is 0 Å². The lowest BCUT2D eigenvalue weighted by Gasteiger charge is -2.25. The second-order valence-corrected chi connectivity index (χ2v) is 6.31. The van der Waals surface area contributed by atoms with Gasteiger partial charge in [0, 0.05) is 5.56 Å². The Labute approximate surface area is 138 Å². The number of ether oxygens (including phenoxy) is 1. The lowest BCUT2D eigenvalue weighted by molar-refractivity contribution is 0.0166. The molecular formula is C18H26ClNO2. The predicted molar refractivity (Wildman–Crippen MR) is 92.0 cm³/mol. The normalized spacial score (nSPS) is 18.1. The van der Waals surface area contributed by atoms with Crippen LogP contribution in [0.1, 0.15) is 58.4 Å². The fraction of sp³-hybridized carbons (Fsp3) is 0.611. The van der Waals surface area contributed by atoms with Gasteiger partial charge in [-0.1, -0.05) is 48.2 Å². The zero-order valence-electron chi connectivity index (χ0n) is 13.8. The maximum Gasteiger partial charge on any atom is 0.138 e. The molecule has 1 aromatic carbocycles. The molecule has 0 radical (unpaired) electrons. The summed E-state index contributed by atoms with van der Waals surface area (Å²) in [6.45, 7) is 6.57. The van der Waals surface area contributed by atoms with E-state index in [0.717, 1.165) is 11.3 Å². The van der Waals surface area contributed by atoms with E-state index in [4.69, 9.17) is 21.2 Å². The molecule has 0 bridgehead atoms. The molecule has 0 heterocycles. The van der Waals surface area contributed by atoms with E-state index in [-0.39, 0.29) is 6.10 Å². The van der Waals surface area contributed by atoms with Crippen molar-refractivity contribution in [1.82, 2.24) is 0 Å². The van der Waals surface area contributed by atoms with Crippen molar-refractivity contribution < 1.29 is 9.57 Å². The molecule has 0 amide bonds. The fourth-order valence-corrected chi connectivity index (χ4v) is 3.28. The van der Waals surface area contributed by atoms with Crippen molar-refractivity contribution in [3.05, 3.63) is 28.8 Å². The van der Waals surface area contributed by atoms with Crippen molar-refractivity contribution in [3.8, 4) is 5.75 Å². The minimum absolute atomic E-state index is 0.157. The molecule has 1 aliphatic rings. The first-order chi connectivity index (χ1) is 10.6. The molecule has 1 atom stereocenters. The molecule has 0 saturated heterocycles. The number of oxime groups is 1. The van der Waals surface area contributed by atoms with E-state index in [1.165, 1.54) is 32.1 Å². The maximum atomic E-state index is 6.39. The van der Waals surface area contributed by atoms with Gasteiger partial charge in [-0.2, -0.15) is 0 Å². The Balaban J connectivity index is 2.03. The Morgan fingerprint density at radius 2 is 2.05 bits per heavy atom. The molecule has 1 saturated carbocycles. The van der Waals surface area contributed by atoms with Crippen molar-refractivity contribution in [2.75, 3.05) is 6.61 Å². The quantitative estimate of drug-likeness (QED) is 0.515. The van der Waals surface area contributed by atoms with Crippen LogP contribution in [0.4, 0.5) is 0 Å². The van der Waals surface area contributed by atoms with Gasteiger partial charge in [-0.25, -0.2) is 0 Å². The van der Waals surface area contributed by atoms with E-state index in [9.17, 15) is 0 Å². The highest BCUT2D eigenvalue weighted by atomic mass is 35.5. The number of benzene rings is 1. The molecule has 0 spiro atoms. The molecule has 4 heteroatoms. The summed E-state index contributed by atoms with van der Waals surface area (Å²) in [6.07, 6.45) is 6.62. The van der Waals surface area contributed by atoms with Crippen molar-refractivity contribution in [3.63, 3.8) is 0 Å². The summed E-state index contributed by atoms with van der Waals surface area (Å²) in [5.41, 5.74) is 1.65. The highest BCUT2D eigenvalue weighted by Gasteiger charge is 2.21. The van der Waals surface area contributed by atoms with E-state index in [0.29, 0.717) is 23.3 Å². The first-order valence-corrected chi connectivity index (χ1v) is 8.63. The van der Waals surface area contributed by atoms with Gasteiger partial charge in [0.1, 0.15) is 11.9 Å². The molecule has 1 aliphatic carbocycles. The molecule has 0 aliphatic heterocycles. The molecule has 0 aromatic heterocycles. The SMILES string of the molecule is CCOc1cccc(/C(C)=N/OC(C)C2CCCCC2)c1Cl. The Morgan fingerprint density at radius 1 is 1.32 bits per heavy atom. The Morgan fingerprint density at radius 3 is 2.73 bits per heavy atom. The highest BCUT2D eigenvalue weighted by molar-refractivity contribution is 6.35. The second kappa shape index (κ2) is 8.42. The van der Waals surface area contributed by atoms with E-state index in [1.54, 1.807) is 0 Å². The van der Waals surface area contributed by atoms with Crippen LogP contribution in [0.2, 0.25) is 5.02 Å². The van der Waals surface area contributed by atoms with Gasteiger partial charge in [0.2, 0.25) is 0 Å². The van der Waals surface area contributed by atoms with Crippen molar-refractivity contribution in [1.29, 1.82) is 0 Å². The van der Waals surface area contributed by atoms with Crippen LogP contribution in [0.15, 0.2) is 23.4 Å². The number of rotatable bonds is 6. The van der Waals surface area contributed by atoms with E-state index in [1.807, 2.05) is 32.0 Å². The highest BCUT2D eigenvalue weighted by Crippen LogP contribution is 2.30. The summed E-state index contributed by atoms with van der Waals surface area (Å²) in [6, 6.07) is 5.74. The van der Waals surface area contributed by atoms with Gasteiger partial charge in [0.25, 0.3) is 0 Å². The average molecular weight is 324 g/mol. The summed E-state index contributed by atoms with van der Waals surface area (Å²) in [4.78, 5) is 5.74. The number of hydrogen-bond donors (Lipinski definition) is 0. The van der Waals surface area contributed by atoms with Crippen LogP contribution in [-0.4, -0.2) is 18.4 Å². The van der Waals surface area contributed by atoms with Crippen LogP contribution < -0.4 is 4.74 Å². The monoisotopic (exact) mass is 323 g/mol. The minimum Gasteiger partial charge on any atom is -0.492 e. The molecule has 122 valence electrons. The third-order valence-corrected chi connectivity index (χ3v) is 4.71. The van der Waals surface area contributed by atoms with Crippen LogP contribution in [0.25, 0.3) is 0 Å². The lowest BCUT2D eigenvalue weighted by atomic mass is 9.86. The summed E-state index contributed by atoms with van der Waals surface area (Å²) < 4.78 is 5.52. The molecule has 0 N–H and O–H groups in total. The molecule has 22 heavy (non-hydrogen) atoms. The lowest BCUT2D eigenvalue weighted by Crippen LogP contribution is -2.21. The Bertz CT molecular complexity index is 510. The third-order valence-electron chi connectivity index (χ3n) is 4.32. The Hall–Kier alpha value is -1.22. The van der Waals surface area contributed by atoms with Crippen LogP contribution in [0.5, 0.6) is 5.75 Å². The van der Waals surface area contributed by atoms with E-state index < -0.39 is 0 Å². The summed E-state index contributed by atoms with van der Waals surface area (Å²) in [5, 5.41) is 4.91. The van der Waals surface area contributed by atoms with Gasteiger partial charge in [-0.15, -0.1) is 0 Å². The largest absolute Gasteiger partial charge is 0.492 e.